The SMILES string of the molecule is [C-]#[N+]c1ccc(COc2cccc(-c3ccc(Cc4nc5ccc(P(=O)(O)O)cc5n4CCOC)c(F)c3)n2)c(F)c1. The molecule has 9 nitrogen and oxygen atoms in total. The van der Waals surface area contributed by atoms with Crippen molar-refractivity contribution >= 4 is 29.6 Å². The van der Waals surface area contributed by atoms with E-state index in [1.807, 2.05) is 0 Å². The molecule has 5 aromatic rings. The molecule has 3 aromatic carbocycles. The summed E-state index contributed by atoms with van der Waals surface area (Å²) in [5.41, 5.74) is 2.85. The molecule has 0 saturated heterocycles. The van der Waals surface area contributed by atoms with Gasteiger partial charge in [0.25, 0.3) is 0 Å². The first-order valence-corrected chi connectivity index (χ1v) is 14.4. The molecule has 0 saturated carbocycles. The van der Waals surface area contributed by atoms with Crippen LogP contribution in [0.1, 0.15) is 17.0 Å². The minimum atomic E-state index is -4.47. The predicted molar refractivity (Wildman–Crippen MR) is 153 cm³/mol. The molecule has 2 N–H and O–H groups in total. The average Bonchev–Trinajstić information content (AvgIpc) is 3.32. The molecule has 0 atom stereocenters. The Bertz CT molecular complexity index is 1870. The van der Waals surface area contributed by atoms with Gasteiger partial charge in [-0.2, -0.15) is 0 Å². The molecule has 5 rings (SSSR count). The maximum atomic E-state index is 15.4. The standard InChI is InChI=1S/C30H25F2N4O5P/c1-33-22-9-8-21(25(32)16-22)18-41-30-5-3-4-26(35-30)20-7-6-19(24(31)14-20)15-29-34-27-11-10-23(42(37,38)39)17-28(27)36(29)12-13-40-2/h3-11,14,16-17H,12-13,15,18H2,2H3,(H2,37,38,39). The lowest BCUT2D eigenvalue weighted by Crippen LogP contribution is -2.11. The Morgan fingerprint density at radius 2 is 1.76 bits per heavy atom. The number of hydrogen-bond donors (Lipinski definition) is 2. The van der Waals surface area contributed by atoms with E-state index in [1.54, 1.807) is 42.0 Å². The zero-order valence-corrected chi connectivity index (χ0v) is 23.3. The van der Waals surface area contributed by atoms with E-state index in [1.165, 1.54) is 36.4 Å². The van der Waals surface area contributed by atoms with Gasteiger partial charge >= 0.3 is 7.60 Å². The topological polar surface area (TPSA) is 111 Å². The highest BCUT2D eigenvalue weighted by Crippen LogP contribution is 2.34. The van der Waals surface area contributed by atoms with E-state index in [0.717, 1.165) is 6.07 Å². The van der Waals surface area contributed by atoms with Crippen molar-refractivity contribution in [2.75, 3.05) is 13.7 Å². The van der Waals surface area contributed by atoms with Crippen molar-refractivity contribution in [1.29, 1.82) is 0 Å². The quantitative estimate of drug-likeness (QED) is 0.162. The van der Waals surface area contributed by atoms with Crippen LogP contribution in [0.15, 0.2) is 72.8 Å². The molecule has 0 bridgehead atoms. The van der Waals surface area contributed by atoms with Crippen molar-refractivity contribution in [2.45, 2.75) is 19.6 Å². The largest absolute Gasteiger partial charge is 0.473 e. The van der Waals surface area contributed by atoms with Crippen LogP contribution in [0.5, 0.6) is 5.88 Å². The monoisotopic (exact) mass is 590 g/mol. The van der Waals surface area contributed by atoms with Crippen molar-refractivity contribution in [1.82, 2.24) is 14.5 Å². The van der Waals surface area contributed by atoms with Gasteiger partial charge in [-0.1, -0.05) is 30.3 Å². The molecular weight excluding hydrogens is 565 g/mol. The Morgan fingerprint density at radius 1 is 0.976 bits per heavy atom. The van der Waals surface area contributed by atoms with Crippen LogP contribution in [-0.4, -0.2) is 38.0 Å². The molecule has 0 radical (unpaired) electrons. The molecule has 0 fully saturated rings. The molecule has 0 aliphatic carbocycles. The fraction of sp³-hybridized carbons (Fsp3) is 0.167. The van der Waals surface area contributed by atoms with Crippen LogP contribution in [-0.2, 0) is 28.9 Å². The summed E-state index contributed by atoms with van der Waals surface area (Å²) in [7, 11) is -2.93. The van der Waals surface area contributed by atoms with Gasteiger partial charge in [0.05, 0.1) is 35.2 Å². The summed E-state index contributed by atoms with van der Waals surface area (Å²) in [5.74, 6) is -0.284. The third-order valence-corrected chi connectivity index (χ3v) is 7.58. The molecular formula is C30H25F2N4O5P. The molecule has 42 heavy (non-hydrogen) atoms. The molecule has 12 heteroatoms. The highest BCUT2D eigenvalue weighted by Gasteiger charge is 2.21. The second-order valence-electron chi connectivity index (χ2n) is 9.41. The molecule has 0 aliphatic rings. The van der Waals surface area contributed by atoms with Crippen LogP contribution >= 0.6 is 7.60 Å². The number of methoxy groups -OCH3 is 1. The van der Waals surface area contributed by atoms with Crippen LogP contribution in [0.4, 0.5) is 14.5 Å². The highest BCUT2D eigenvalue weighted by molar-refractivity contribution is 7.60. The predicted octanol–water partition coefficient (Wildman–Crippen LogP) is 5.55. The number of aromatic nitrogens is 3. The zero-order chi connectivity index (χ0) is 29.9. The summed E-state index contributed by atoms with van der Waals surface area (Å²) in [6.07, 6.45) is 0.129. The third kappa shape index (κ3) is 6.38. The van der Waals surface area contributed by atoms with Crippen molar-refractivity contribution in [3.05, 3.63) is 113 Å². The van der Waals surface area contributed by atoms with Crippen molar-refractivity contribution in [3.8, 4) is 17.1 Å². The second kappa shape index (κ2) is 12.2. The number of fused-ring (bicyclic) bond motifs is 1. The van der Waals surface area contributed by atoms with Crippen LogP contribution in [0.25, 0.3) is 27.1 Å². The van der Waals surface area contributed by atoms with Gasteiger partial charge in [-0.25, -0.2) is 23.6 Å². The Labute approximate surface area is 240 Å². The van der Waals surface area contributed by atoms with E-state index in [0.29, 0.717) is 46.8 Å². The van der Waals surface area contributed by atoms with Crippen LogP contribution in [0.3, 0.4) is 0 Å². The lowest BCUT2D eigenvalue weighted by atomic mass is 10.1. The van der Waals surface area contributed by atoms with Gasteiger partial charge in [-0.15, -0.1) is 0 Å². The number of benzene rings is 3. The van der Waals surface area contributed by atoms with Crippen molar-refractivity contribution in [2.24, 2.45) is 0 Å². The molecule has 2 aromatic heterocycles. The number of halogens is 2. The number of rotatable bonds is 10. The maximum Gasteiger partial charge on any atom is 0.356 e. The first-order valence-electron chi connectivity index (χ1n) is 12.7. The van der Waals surface area contributed by atoms with Crippen molar-refractivity contribution in [3.63, 3.8) is 0 Å². The van der Waals surface area contributed by atoms with E-state index in [9.17, 15) is 18.7 Å². The third-order valence-electron chi connectivity index (χ3n) is 6.63. The first kappa shape index (κ1) is 29.0. The minimum absolute atomic E-state index is 0.0897. The number of pyridine rings is 1. The summed E-state index contributed by atoms with van der Waals surface area (Å²) in [5, 5.41) is -0.127. The van der Waals surface area contributed by atoms with Gasteiger partial charge in [-0.3, -0.25) is 4.57 Å². The fourth-order valence-electron chi connectivity index (χ4n) is 4.46. The smallest absolute Gasteiger partial charge is 0.356 e. The van der Waals surface area contributed by atoms with Gasteiger partial charge in [0.2, 0.25) is 5.88 Å². The molecule has 0 aliphatic heterocycles. The summed E-state index contributed by atoms with van der Waals surface area (Å²) in [6.45, 7) is 7.57. The van der Waals surface area contributed by atoms with E-state index in [-0.39, 0.29) is 35.5 Å². The van der Waals surface area contributed by atoms with Gasteiger partial charge in [0.1, 0.15) is 24.1 Å². The Morgan fingerprint density at radius 3 is 2.48 bits per heavy atom. The number of ether oxygens (including phenoxy) is 2. The average molecular weight is 591 g/mol. The maximum absolute atomic E-state index is 15.4. The molecule has 214 valence electrons. The van der Waals surface area contributed by atoms with Crippen LogP contribution in [0, 0.1) is 18.2 Å². The normalized spacial score (nSPS) is 11.5. The van der Waals surface area contributed by atoms with E-state index in [4.69, 9.17) is 16.0 Å². The lowest BCUT2D eigenvalue weighted by Gasteiger charge is -2.11. The number of hydrogen-bond acceptors (Lipinski definition) is 5. The Balaban J connectivity index is 1.37. The number of nitrogens with zero attached hydrogens (tertiary/aromatic N) is 4. The van der Waals surface area contributed by atoms with Gasteiger partial charge in [0.15, 0.2) is 5.69 Å². The molecule has 2 heterocycles. The summed E-state index contributed by atoms with van der Waals surface area (Å²) < 4.78 is 54.0. The highest BCUT2D eigenvalue weighted by atomic mass is 31.2. The van der Waals surface area contributed by atoms with Crippen molar-refractivity contribution < 1.29 is 32.6 Å². The van der Waals surface area contributed by atoms with E-state index >= 15 is 4.39 Å². The summed E-state index contributed by atoms with van der Waals surface area (Å²) >= 11 is 0. The summed E-state index contributed by atoms with van der Waals surface area (Å²) in [4.78, 5) is 31.4. The van der Waals surface area contributed by atoms with Crippen LogP contribution in [0.2, 0.25) is 0 Å². The second-order valence-corrected chi connectivity index (χ2v) is 11.0. The summed E-state index contributed by atoms with van der Waals surface area (Å²) in [6, 6.07) is 18.1. The van der Waals surface area contributed by atoms with Gasteiger partial charge < -0.3 is 23.8 Å². The van der Waals surface area contributed by atoms with E-state index < -0.39 is 19.2 Å². The van der Waals surface area contributed by atoms with Gasteiger partial charge in [-0.05, 0) is 42.0 Å². The van der Waals surface area contributed by atoms with Gasteiger partial charge in [0, 0.05) is 37.3 Å². The van der Waals surface area contributed by atoms with E-state index in [2.05, 4.69) is 14.8 Å². The Kier molecular flexibility index (Phi) is 8.43. The van der Waals surface area contributed by atoms with Crippen LogP contribution < -0.4 is 10.0 Å². The lowest BCUT2D eigenvalue weighted by molar-refractivity contribution is 0.187. The number of imidazole rings is 1. The molecule has 0 unspecified atom stereocenters. The Hall–Kier alpha value is -4.46. The fourth-order valence-corrected chi connectivity index (χ4v) is 5.02. The molecule has 0 spiro atoms. The molecule has 0 amide bonds. The minimum Gasteiger partial charge on any atom is -0.473 e. The first-order chi connectivity index (χ1) is 20.2. The zero-order valence-electron chi connectivity index (χ0n) is 22.4.